The van der Waals surface area contributed by atoms with E-state index in [0.29, 0.717) is 17.9 Å². The van der Waals surface area contributed by atoms with E-state index in [4.69, 9.17) is 4.74 Å². The summed E-state index contributed by atoms with van der Waals surface area (Å²) < 4.78 is 5.94. The Bertz CT molecular complexity index is 385. The number of rotatable bonds is 7. The first kappa shape index (κ1) is 16.0. The molecule has 0 amide bonds. The molecule has 0 aromatic heterocycles. The molecule has 1 aromatic rings. The monoisotopic (exact) mass is 263 g/mol. The molecule has 0 radical (unpaired) electrons. The fraction of sp³-hybridized carbons (Fsp3) is 0.647. The number of ether oxygens (including phenoxy) is 1. The van der Waals surface area contributed by atoms with Crippen LogP contribution in [-0.4, -0.2) is 19.2 Å². The molecule has 0 aliphatic rings. The lowest BCUT2D eigenvalue weighted by Gasteiger charge is -2.22. The van der Waals surface area contributed by atoms with Crippen LogP contribution in [0.4, 0.5) is 0 Å². The Kier molecular flexibility index (Phi) is 6.36. The quantitative estimate of drug-likeness (QED) is 0.798. The van der Waals surface area contributed by atoms with Gasteiger partial charge in [-0.15, -0.1) is 0 Å². The van der Waals surface area contributed by atoms with Crippen LogP contribution < -0.4 is 10.1 Å². The molecule has 1 unspecified atom stereocenters. The number of benzene rings is 1. The van der Waals surface area contributed by atoms with Crippen molar-refractivity contribution in [2.45, 2.75) is 53.5 Å². The van der Waals surface area contributed by atoms with Gasteiger partial charge in [-0.05, 0) is 48.6 Å². The SMILES string of the molecule is CCNC(COc1ccc(C(C)C)c(C)c1)C(C)C. The number of likely N-dealkylation sites (N-methyl/N-ethyl adjacent to an activating group) is 1. The second kappa shape index (κ2) is 7.54. The molecule has 1 N–H and O–H groups in total. The van der Waals surface area contributed by atoms with Crippen molar-refractivity contribution in [1.29, 1.82) is 0 Å². The molecule has 1 atom stereocenters. The fourth-order valence-corrected chi connectivity index (χ4v) is 2.32. The van der Waals surface area contributed by atoms with Gasteiger partial charge in [0.15, 0.2) is 0 Å². The number of hydrogen-bond acceptors (Lipinski definition) is 2. The summed E-state index contributed by atoms with van der Waals surface area (Å²) in [5.74, 6) is 2.13. The third kappa shape index (κ3) is 4.87. The maximum atomic E-state index is 5.94. The maximum absolute atomic E-state index is 5.94. The third-order valence-corrected chi connectivity index (χ3v) is 3.56. The standard InChI is InChI=1S/C17H29NO/c1-7-18-17(13(4)5)11-19-15-8-9-16(12(2)3)14(6)10-15/h8-10,12-13,17-18H,7,11H2,1-6H3. The minimum Gasteiger partial charge on any atom is -0.492 e. The zero-order valence-corrected chi connectivity index (χ0v) is 13.3. The summed E-state index contributed by atoms with van der Waals surface area (Å²) in [6.45, 7) is 14.9. The lowest BCUT2D eigenvalue weighted by Crippen LogP contribution is -2.38. The Morgan fingerprint density at radius 3 is 2.32 bits per heavy atom. The van der Waals surface area contributed by atoms with Crippen LogP contribution in [0.25, 0.3) is 0 Å². The van der Waals surface area contributed by atoms with E-state index in [9.17, 15) is 0 Å². The number of hydrogen-bond donors (Lipinski definition) is 1. The molecule has 19 heavy (non-hydrogen) atoms. The predicted octanol–water partition coefficient (Wildman–Crippen LogP) is 4.13. The summed E-state index contributed by atoms with van der Waals surface area (Å²) in [6, 6.07) is 6.84. The van der Waals surface area contributed by atoms with Crippen LogP contribution in [0, 0.1) is 12.8 Å². The Morgan fingerprint density at radius 2 is 1.84 bits per heavy atom. The van der Waals surface area contributed by atoms with Crippen molar-refractivity contribution in [3.05, 3.63) is 29.3 Å². The minimum absolute atomic E-state index is 0.412. The van der Waals surface area contributed by atoms with E-state index < -0.39 is 0 Å². The normalized spacial score (nSPS) is 13.1. The van der Waals surface area contributed by atoms with Crippen molar-refractivity contribution < 1.29 is 4.74 Å². The third-order valence-electron chi connectivity index (χ3n) is 3.56. The van der Waals surface area contributed by atoms with Crippen LogP contribution in [0.15, 0.2) is 18.2 Å². The van der Waals surface area contributed by atoms with E-state index in [1.165, 1.54) is 11.1 Å². The summed E-state index contributed by atoms with van der Waals surface area (Å²) in [4.78, 5) is 0. The van der Waals surface area contributed by atoms with E-state index in [0.717, 1.165) is 18.9 Å². The lowest BCUT2D eigenvalue weighted by molar-refractivity contribution is 0.232. The highest BCUT2D eigenvalue weighted by Crippen LogP contribution is 2.23. The highest BCUT2D eigenvalue weighted by Gasteiger charge is 2.13. The van der Waals surface area contributed by atoms with Crippen LogP contribution in [-0.2, 0) is 0 Å². The van der Waals surface area contributed by atoms with Gasteiger partial charge in [-0.1, -0.05) is 40.7 Å². The summed E-state index contributed by atoms with van der Waals surface area (Å²) >= 11 is 0. The van der Waals surface area contributed by atoms with E-state index in [2.05, 4.69) is 65.1 Å². The van der Waals surface area contributed by atoms with Crippen LogP contribution in [0.3, 0.4) is 0 Å². The summed E-state index contributed by atoms with van der Waals surface area (Å²) in [6.07, 6.45) is 0. The highest BCUT2D eigenvalue weighted by atomic mass is 16.5. The molecule has 0 aliphatic heterocycles. The molecule has 0 bridgehead atoms. The molecule has 0 saturated carbocycles. The largest absolute Gasteiger partial charge is 0.492 e. The molecular weight excluding hydrogens is 234 g/mol. The molecule has 1 aromatic carbocycles. The second-order valence-corrected chi connectivity index (χ2v) is 5.89. The average molecular weight is 263 g/mol. The molecule has 0 saturated heterocycles. The van der Waals surface area contributed by atoms with Gasteiger partial charge in [0.1, 0.15) is 12.4 Å². The van der Waals surface area contributed by atoms with Crippen molar-refractivity contribution in [1.82, 2.24) is 5.32 Å². The first-order valence-electron chi connectivity index (χ1n) is 7.42. The number of aryl methyl sites for hydroxylation is 1. The Morgan fingerprint density at radius 1 is 1.16 bits per heavy atom. The first-order chi connectivity index (χ1) is 8.95. The molecule has 0 fully saturated rings. The molecule has 108 valence electrons. The van der Waals surface area contributed by atoms with Gasteiger partial charge in [0.2, 0.25) is 0 Å². The predicted molar refractivity (Wildman–Crippen MR) is 83.1 cm³/mol. The zero-order chi connectivity index (χ0) is 14.4. The molecular formula is C17H29NO. The first-order valence-corrected chi connectivity index (χ1v) is 7.42. The molecule has 0 heterocycles. The van der Waals surface area contributed by atoms with Crippen LogP contribution in [0.1, 0.15) is 51.7 Å². The van der Waals surface area contributed by atoms with Gasteiger partial charge < -0.3 is 10.1 Å². The Labute approximate surface area is 118 Å². The van der Waals surface area contributed by atoms with Gasteiger partial charge in [-0.25, -0.2) is 0 Å². The van der Waals surface area contributed by atoms with Crippen molar-refractivity contribution in [2.24, 2.45) is 5.92 Å². The van der Waals surface area contributed by atoms with Gasteiger partial charge in [-0.2, -0.15) is 0 Å². The van der Waals surface area contributed by atoms with Gasteiger partial charge in [-0.3, -0.25) is 0 Å². The Balaban J connectivity index is 2.65. The topological polar surface area (TPSA) is 21.3 Å². The van der Waals surface area contributed by atoms with Crippen molar-refractivity contribution >= 4 is 0 Å². The molecule has 0 aliphatic carbocycles. The Hall–Kier alpha value is -1.02. The van der Waals surface area contributed by atoms with Gasteiger partial charge >= 0.3 is 0 Å². The van der Waals surface area contributed by atoms with Crippen LogP contribution in [0.5, 0.6) is 5.75 Å². The molecule has 0 spiro atoms. The van der Waals surface area contributed by atoms with Crippen LogP contribution >= 0.6 is 0 Å². The average Bonchev–Trinajstić information content (AvgIpc) is 2.33. The van der Waals surface area contributed by atoms with Crippen LogP contribution in [0.2, 0.25) is 0 Å². The fourth-order valence-electron chi connectivity index (χ4n) is 2.32. The van der Waals surface area contributed by atoms with E-state index in [-0.39, 0.29) is 0 Å². The summed E-state index contributed by atoms with van der Waals surface area (Å²) in [5.41, 5.74) is 2.72. The lowest BCUT2D eigenvalue weighted by atomic mass is 9.98. The number of nitrogens with one attached hydrogen (secondary N) is 1. The van der Waals surface area contributed by atoms with E-state index >= 15 is 0 Å². The molecule has 2 nitrogen and oxygen atoms in total. The van der Waals surface area contributed by atoms with Crippen molar-refractivity contribution in [3.63, 3.8) is 0 Å². The molecule has 2 heteroatoms. The maximum Gasteiger partial charge on any atom is 0.119 e. The smallest absolute Gasteiger partial charge is 0.119 e. The van der Waals surface area contributed by atoms with E-state index in [1.54, 1.807) is 0 Å². The summed E-state index contributed by atoms with van der Waals surface area (Å²) in [7, 11) is 0. The molecule has 1 rings (SSSR count). The summed E-state index contributed by atoms with van der Waals surface area (Å²) in [5, 5.41) is 3.47. The van der Waals surface area contributed by atoms with Crippen molar-refractivity contribution in [3.8, 4) is 5.75 Å². The van der Waals surface area contributed by atoms with E-state index in [1.807, 2.05) is 0 Å². The highest BCUT2D eigenvalue weighted by molar-refractivity contribution is 5.36. The van der Waals surface area contributed by atoms with Gasteiger partial charge in [0.25, 0.3) is 0 Å². The zero-order valence-electron chi connectivity index (χ0n) is 13.3. The van der Waals surface area contributed by atoms with Gasteiger partial charge in [0, 0.05) is 6.04 Å². The minimum atomic E-state index is 0.412. The van der Waals surface area contributed by atoms with Crippen molar-refractivity contribution in [2.75, 3.05) is 13.2 Å². The van der Waals surface area contributed by atoms with Gasteiger partial charge in [0.05, 0.1) is 0 Å². The second-order valence-electron chi connectivity index (χ2n) is 5.89.